The summed E-state index contributed by atoms with van der Waals surface area (Å²) in [5.41, 5.74) is 1.56. The summed E-state index contributed by atoms with van der Waals surface area (Å²) in [5, 5.41) is 0.321. The quantitative estimate of drug-likeness (QED) is 0.467. The van der Waals surface area contributed by atoms with E-state index in [0.29, 0.717) is 16.5 Å². The van der Waals surface area contributed by atoms with Crippen LogP contribution in [0.15, 0.2) is 82.0 Å². The van der Waals surface area contributed by atoms with Gasteiger partial charge in [-0.25, -0.2) is 9.18 Å². The molecule has 5 heteroatoms. The number of carbonyl (C=O) groups is 1. The first-order valence-corrected chi connectivity index (χ1v) is 8.63. The number of fused-ring (bicyclic) bond motifs is 1. The minimum atomic E-state index is -0.767. The third-order valence-electron chi connectivity index (χ3n) is 4.31. The van der Waals surface area contributed by atoms with Crippen molar-refractivity contribution >= 4 is 16.9 Å². The number of aryl methyl sites for hydroxylation is 1. The van der Waals surface area contributed by atoms with E-state index < -0.39 is 17.2 Å². The summed E-state index contributed by atoms with van der Waals surface area (Å²) in [6, 6.07) is 19.1. The predicted octanol–water partition coefficient (Wildman–Crippen LogP) is 5.13. The number of halogens is 1. The fraction of sp³-hybridized carbons (Fsp3) is 0.0435. The Labute approximate surface area is 159 Å². The molecule has 0 radical (unpaired) electrons. The molecule has 28 heavy (non-hydrogen) atoms. The summed E-state index contributed by atoms with van der Waals surface area (Å²) in [6.45, 7) is 1.86. The predicted molar refractivity (Wildman–Crippen MR) is 104 cm³/mol. The molecule has 0 atom stereocenters. The van der Waals surface area contributed by atoms with Gasteiger partial charge in [0.1, 0.15) is 11.4 Å². The number of hydrogen-bond donors (Lipinski definition) is 0. The Morgan fingerprint density at radius 1 is 0.964 bits per heavy atom. The molecular weight excluding hydrogens is 359 g/mol. The van der Waals surface area contributed by atoms with Crippen LogP contribution in [0, 0.1) is 12.7 Å². The van der Waals surface area contributed by atoms with E-state index in [1.807, 2.05) is 19.1 Å². The van der Waals surface area contributed by atoms with Crippen LogP contribution >= 0.6 is 0 Å². The van der Waals surface area contributed by atoms with Crippen molar-refractivity contribution in [1.82, 2.24) is 0 Å². The van der Waals surface area contributed by atoms with Gasteiger partial charge in [-0.15, -0.1) is 0 Å². The molecule has 3 aromatic carbocycles. The van der Waals surface area contributed by atoms with Gasteiger partial charge in [0.15, 0.2) is 5.76 Å². The maximum atomic E-state index is 13.1. The van der Waals surface area contributed by atoms with Crippen molar-refractivity contribution in [2.45, 2.75) is 6.92 Å². The van der Waals surface area contributed by atoms with Crippen LogP contribution in [0.2, 0.25) is 0 Å². The van der Waals surface area contributed by atoms with Gasteiger partial charge in [-0.3, -0.25) is 4.79 Å². The smallest absolute Gasteiger partial charge is 0.343 e. The highest BCUT2D eigenvalue weighted by Crippen LogP contribution is 2.31. The van der Waals surface area contributed by atoms with Gasteiger partial charge in [-0.1, -0.05) is 42.0 Å². The second kappa shape index (κ2) is 7.12. The maximum absolute atomic E-state index is 13.1. The molecular formula is C23H15FO4. The Hall–Kier alpha value is -3.73. The monoisotopic (exact) mass is 374 g/mol. The van der Waals surface area contributed by atoms with Crippen molar-refractivity contribution in [3.05, 3.63) is 100.0 Å². The van der Waals surface area contributed by atoms with E-state index in [1.165, 1.54) is 12.1 Å². The van der Waals surface area contributed by atoms with E-state index in [1.54, 1.807) is 36.4 Å². The molecule has 0 fully saturated rings. The third-order valence-corrected chi connectivity index (χ3v) is 4.31. The van der Waals surface area contributed by atoms with E-state index in [2.05, 4.69) is 0 Å². The Balaban J connectivity index is 1.89. The molecule has 0 bridgehead atoms. The van der Waals surface area contributed by atoms with Gasteiger partial charge in [-0.05, 0) is 43.3 Å². The van der Waals surface area contributed by atoms with Gasteiger partial charge < -0.3 is 9.15 Å². The van der Waals surface area contributed by atoms with Gasteiger partial charge in [0, 0.05) is 5.56 Å². The molecule has 0 N–H and O–H groups in total. The van der Waals surface area contributed by atoms with E-state index in [4.69, 9.17) is 9.15 Å². The van der Waals surface area contributed by atoms with Gasteiger partial charge in [0.2, 0.25) is 11.2 Å². The standard InChI is InChI=1S/C23H15FO4/c1-14-7-12-19-18(13-14)20(25)22(21(27-19)15-5-3-2-4-6-15)28-23(26)16-8-10-17(24)11-9-16/h2-13H,1H3. The zero-order valence-corrected chi connectivity index (χ0v) is 14.9. The zero-order valence-electron chi connectivity index (χ0n) is 14.9. The molecule has 1 aromatic heterocycles. The average Bonchev–Trinajstić information content (AvgIpc) is 2.71. The van der Waals surface area contributed by atoms with Crippen LogP contribution in [0.3, 0.4) is 0 Å². The SMILES string of the molecule is Cc1ccc2oc(-c3ccccc3)c(OC(=O)c3ccc(F)cc3)c(=O)c2c1. The van der Waals surface area contributed by atoms with Crippen molar-refractivity contribution in [3.63, 3.8) is 0 Å². The normalized spacial score (nSPS) is 10.8. The summed E-state index contributed by atoms with van der Waals surface area (Å²) in [6.07, 6.45) is 0. The Morgan fingerprint density at radius 2 is 1.68 bits per heavy atom. The van der Waals surface area contributed by atoms with Gasteiger partial charge in [0.05, 0.1) is 10.9 Å². The third kappa shape index (κ3) is 3.30. The fourth-order valence-electron chi connectivity index (χ4n) is 2.90. The summed E-state index contributed by atoms with van der Waals surface area (Å²) >= 11 is 0. The van der Waals surface area contributed by atoms with Gasteiger partial charge in [-0.2, -0.15) is 0 Å². The van der Waals surface area contributed by atoms with Crippen LogP contribution < -0.4 is 10.2 Å². The van der Waals surface area contributed by atoms with Crippen LogP contribution in [0.5, 0.6) is 5.75 Å². The minimum absolute atomic E-state index is 0.129. The van der Waals surface area contributed by atoms with Crippen LogP contribution in [-0.2, 0) is 0 Å². The molecule has 0 saturated carbocycles. The van der Waals surface area contributed by atoms with Crippen molar-refractivity contribution < 1.29 is 18.3 Å². The number of rotatable bonds is 3. The number of hydrogen-bond acceptors (Lipinski definition) is 4. The molecule has 4 nitrogen and oxygen atoms in total. The van der Waals surface area contributed by atoms with E-state index >= 15 is 0 Å². The summed E-state index contributed by atoms with van der Waals surface area (Å²) in [5.74, 6) is -1.27. The molecule has 1 heterocycles. The number of ether oxygens (including phenoxy) is 1. The number of benzene rings is 3. The highest BCUT2D eigenvalue weighted by atomic mass is 19.1. The topological polar surface area (TPSA) is 56.5 Å². The minimum Gasteiger partial charge on any atom is -0.452 e. The van der Waals surface area contributed by atoms with Crippen LogP contribution in [0.25, 0.3) is 22.3 Å². The second-order valence-corrected chi connectivity index (χ2v) is 6.35. The molecule has 0 amide bonds. The summed E-state index contributed by atoms with van der Waals surface area (Å²) < 4.78 is 24.5. The number of carbonyl (C=O) groups excluding carboxylic acids is 1. The van der Waals surface area contributed by atoms with Crippen molar-refractivity contribution in [2.75, 3.05) is 0 Å². The summed E-state index contributed by atoms with van der Waals surface area (Å²) in [7, 11) is 0. The maximum Gasteiger partial charge on any atom is 0.343 e. The second-order valence-electron chi connectivity index (χ2n) is 6.35. The highest BCUT2D eigenvalue weighted by molar-refractivity contribution is 5.93. The van der Waals surface area contributed by atoms with Crippen LogP contribution in [0.1, 0.15) is 15.9 Å². The van der Waals surface area contributed by atoms with Gasteiger partial charge in [0.25, 0.3) is 0 Å². The lowest BCUT2D eigenvalue weighted by Gasteiger charge is -2.11. The molecule has 0 aliphatic rings. The lowest BCUT2D eigenvalue weighted by molar-refractivity contribution is 0.0731. The van der Waals surface area contributed by atoms with Crippen molar-refractivity contribution in [2.24, 2.45) is 0 Å². The average molecular weight is 374 g/mol. The first kappa shape index (κ1) is 17.7. The molecule has 0 saturated heterocycles. The van der Waals surface area contributed by atoms with E-state index in [-0.39, 0.29) is 17.1 Å². The largest absolute Gasteiger partial charge is 0.452 e. The Kier molecular flexibility index (Phi) is 4.49. The van der Waals surface area contributed by atoms with Crippen molar-refractivity contribution in [3.8, 4) is 17.1 Å². The lowest BCUT2D eigenvalue weighted by Crippen LogP contribution is -2.16. The zero-order chi connectivity index (χ0) is 19.7. The van der Waals surface area contributed by atoms with Crippen LogP contribution in [0.4, 0.5) is 4.39 Å². The Bertz CT molecular complexity index is 1230. The summed E-state index contributed by atoms with van der Waals surface area (Å²) in [4.78, 5) is 25.6. The first-order valence-electron chi connectivity index (χ1n) is 8.63. The molecule has 4 rings (SSSR count). The first-order chi connectivity index (χ1) is 13.5. The van der Waals surface area contributed by atoms with E-state index in [0.717, 1.165) is 17.7 Å². The molecule has 138 valence electrons. The molecule has 4 aromatic rings. The van der Waals surface area contributed by atoms with E-state index in [9.17, 15) is 14.0 Å². The van der Waals surface area contributed by atoms with Crippen LogP contribution in [-0.4, -0.2) is 5.97 Å². The highest BCUT2D eigenvalue weighted by Gasteiger charge is 2.21. The molecule has 0 aliphatic carbocycles. The lowest BCUT2D eigenvalue weighted by atomic mass is 10.1. The Morgan fingerprint density at radius 3 is 2.39 bits per heavy atom. The fourth-order valence-corrected chi connectivity index (χ4v) is 2.90. The molecule has 0 unspecified atom stereocenters. The molecule has 0 spiro atoms. The van der Waals surface area contributed by atoms with Crippen molar-refractivity contribution in [1.29, 1.82) is 0 Å². The molecule has 0 aliphatic heterocycles. The van der Waals surface area contributed by atoms with Gasteiger partial charge >= 0.3 is 5.97 Å². The number of esters is 1.